The molecule has 5 nitrogen and oxygen atoms in total. The molecule has 0 saturated carbocycles. The first kappa shape index (κ1) is 13.6. The monoisotopic (exact) mass is 271 g/mol. The third-order valence-electron chi connectivity index (χ3n) is 2.78. The number of phenolic OH excluding ortho intramolecular Hbond substituents is 1. The molecule has 3 N–H and O–H groups in total. The molecule has 2 aromatic carbocycles. The molecule has 0 bridgehead atoms. The molecule has 1 atom stereocenters. The molecule has 20 heavy (non-hydrogen) atoms. The summed E-state index contributed by atoms with van der Waals surface area (Å²) >= 11 is 0. The van der Waals surface area contributed by atoms with E-state index >= 15 is 0 Å². The lowest BCUT2D eigenvalue weighted by atomic mass is 10.1. The summed E-state index contributed by atoms with van der Waals surface area (Å²) in [7, 11) is 0. The van der Waals surface area contributed by atoms with Crippen LogP contribution in [0.1, 0.15) is 22.0 Å². The van der Waals surface area contributed by atoms with Gasteiger partial charge in [0, 0.05) is 5.56 Å². The van der Waals surface area contributed by atoms with E-state index in [4.69, 9.17) is 0 Å². The molecular weight excluding hydrogens is 258 g/mol. The molecule has 0 saturated heterocycles. The lowest BCUT2D eigenvalue weighted by molar-refractivity contribution is -0.139. The standard InChI is InChI=1S/C15H13NO4/c17-12-8-6-10(7-9-12)13(15(19)20)16-14(18)11-4-2-1-3-5-11/h1-9,13,17H,(H,16,18)(H,19,20)/t13-/m1/s1. The highest BCUT2D eigenvalue weighted by molar-refractivity contribution is 5.96. The number of phenols is 1. The van der Waals surface area contributed by atoms with Gasteiger partial charge >= 0.3 is 5.97 Å². The molecule has 0 spiro atoms. The van der Waals surface area contributed by atoms with Crippen molar-refractivity contribution in [3.63, 3.8) is 0 Å². The Kier molecular flexibility index (Phi) is 4.00. The molecule has 0 aliphatic heterocycles. The fourth-order valence-corrected chi connectivity index (χ4v) is 1.76. The minimum absolute atomic E-state index is 0.0345. The summed E-state index contributed by atoms with van der Waals surface area (Å²) in [6.45, 7) is 0. The number of hydrogen-bond donors (Lipinski definition) is 3. The van der Waals surface area contributed by atoms with Crippen molar-refractivity contribution in [2.75, 3.05) is 0 Å². The molecule has 0 heterocycles. The van der Waals surface area contributed by atoms with Crippen LogP contribution in [-0.2, 0) is 4.79 Å². The number of aliphatic carboxylic acids is 1. The van der Waals surface area contributed by atoms with Crippen LogP contribution in [-0.4, -0.2) is 22.1 Å². The van der Waals surface area contributed by atoms with Crippen LogP contribution in [0.2, 0.25) is 0 Å². The summed E-state index contributed by atoms with van der Waals surface area (Å²) in [6, 6.07) is 12.9. The fraction of sp³-hybridized carbons (Fsp3) is 0.0667. The van der Waals surface area contributed by atoms with Gasteiger partial charge in [0.2, 0.25) is 0 Å². The highest BCUT2D eigenvalue weighted by atomic mass is 16.4. The first-order valence-electron chi connectivity index (χ1n) is 5.95. The van der Waals surface area contributed by atoms with Crippen LogP contribution in [0.5, 0.6) is 5.75 Å². The number of hydrogen-bond acceptors (Lipinski definition) is 3. The van der Waals surface area contributed by atoms with Gasteiger partial charge < -0.3 is 15.5 Å². The Hall–Kier alpha value is -2.82. The number of nitrogens with one attached hydrogen (secondary N) is 1. The Morgan fingerprint density at radius 3 is 2.10 bits per heavy atom. The van der Waals surface area contributed by atoms with Gasteiger partial charge in [-0.3, -0.25) is 4.79 Å². The number of carbonyl (C=O) groups excluding carboxylic acids is 1. The number of rotatable bonds is 4. The molecule has 1 amide bonds. The van der Waals surface area contributed by atoms with Crippen molar-refractivity contribution in [2.45, 2.75) is 6.04 Å². The SMILES string of the molecule is O=C(N[C@@H](C(=O)O)c1ccc(O)cc1)c1ccccc1. The van der Waals surface area contributed by atoms with E-state index in [1.165, 1.54) is 24.3 Å². The summed E-state index contributed by atoms with van der Waals surface area (Å²) in [5.41, 5.74) is 0.775. The van der Waals surface area contributed by atoms with E-state index in [0.29, 0.717) is 11.1 Å². The van der Waals surface area contributed by atoms with Crippen molar-refractivity contribution in [3.05, 3.63) is 65.7 Å². The summed E-state index contributed by atoms with van der Waals surface area (Å²) in [5, 5.41) is 20.9. The molecule has 2 aromatic rings. The van der Waals surface area contributed by atoms with Gasteiger partial charge in [0.1, 0.15) is 5.75 Å². The molecule has 0 aromatic heterocycles. The van der Waals surface area contributed by atoms with Crippen LogP contribution in [0.3, 0.4) is 0 Å². The van der Waals surface area contributed by atoms with E-state index < -0.39 is 17.9 Å². The van der Waals surface area contributed by atoms with Crippen LogP contribution in [0.25, 0.3) is 0 Å². The van der Waals surface area contributed by atoms with Gasteiger partial charge in [0.25, 0.3) is 5.91 Å². The normalized spacial score (nSPS) is 11.6. The second-order valence-electron chi connectivity index (χ2n) is 4.20. The van der Waals surface area contributed by atoms with Crippen molar-refractivity contribution in [2.24, 2.45) is 0 Å². The second-order valence-corrected chi connectivity index (χ2v) is 4.20. The minimum atomic E-state index is -1.17. The third kappa shape index (κ3) is 3.14. The lowest BCUT2D eigenvalue weighted by Crippen LogP contribution is -2.33. The fourth-order valence-electron chi connectivity index (χ4n) is 1.76. The van der Waals surface area contributed by atoms with Crippen molar-refractivity contribution < 1.29 is 19.8 Å². The topological polar surface area (TPSA) is 86.6 Å². The summed E-state index contributed by atoms with van der Waals surface area (Å²) in [6.07, 6.45) is 0. The highest BCUT2D eigenvalue weighted by Crippen LogP contribution is 2.17. The molecule has 0 aliphatic carbocycles. The highest BCUT2D eigenvalue weighted by Gasteiger charge is 2.22. The average Bonchev–Trinajstić information content (AvgIpc) is 2.46. The molecule has 102 valence electrons. The van der Waals surface area contributed by atoms with E-state index in [2.05, 4.69) is 5.32 Å². The van der Waals surface area contributed by atoms with E-state index in [9.17, 15) is 19.8 Å². The first-order valence-corrected chi connectivity index (χ1v) is 5.95. The summed E-state index contributed by atoms with van der Waals surface area (Å²) < 4.78 is 0. The van der Waals surface area contributed by atoms with Crippen LogP contribution < -0.4 is 5.32 Å². The summed E-state index contributed by atoms with van der Waals surface area (Å²) in [4.78, 5) is 23.3. The predicted octanol–water partition coefficient (Wildman–Crippen LogP) is 1.95. The zero-order chi connectivity index (χ0) is 14.5. The Morgan fingerprint density at radius 2 is 1.55 bits per heavy atom. The van der Waals surface area contributed by atoms with Crippen LogP contribution in [0.15, 0.2) is 54.6 Å². The van der Waals surface area contributed by atoms with Crippen LogP contribution in [0, 0.1) is 0 Å². The van der Waals surface area contributed by atoms with Crippen molar-refractivity contribution >= 4 is 11.9 Å². The average molecular weight is 271 g/mol. The van der Waals surface area contributed by atoms with Crippen LogP contribution in [0.4, 0.5) is 0 Å². The zero-order valence-corrected chi connectivity index (χ0v) is 10.5. The predicted molar refractivity (Wildman–Crippen MR) is 72.4 cm³/mol. The maximum absolute atomic E-state index is 12.0. The maximum Gasteiger partial charge on any atom is 0.330 e. The lowest BCUT2D eigenvalue weighted by Gasteiger charge is -2.15. The van der Waals surface area contributed by atoms with Gasteiger partial charge in [-0.2, -0.15) is 0 Å². The van der Waals surface area contributed by atoms with E-state index in [1.54, 1.807) is 30.3 Å². The number of benzene rings is 2. The van der Waals surface area contributed by atoms with Gasteiger partial charge in [0.15, 0.2) is 6.04 Å². The second kappa shape index (κ2) is 5.88. The Balaban J connectivity index is 2.20. The first-order chi connectivity index (χ1) is 9.58. The molecule has 5 heteroatoms. The molecule has 0 aliphatic rings. The Morgan fingerprint density at radius 1 is 0.950 bits per heavy atom. The number of carboxylic acids is 1. The minimum Gasteiger partial charge on any atom is -0.508 e. The number of carboxylic acid groups (broad SMARTS) is 1. The molecule has 0 fully saturated rings. The number of amides is 1. The van der Waals surface area contributed by atoms with Gasteiger partial charge in [0.05, 0.1) is 0 Å². The maximum atomic E-state index is 12.0. The number of aromatic hydroxyl groups is 1. The molecule has 0 radical (unpaired) electrons. The molecule has 0 unspecified atom stereocenters. The van der Waals surface area contributed by atoms with E-state index in [0.717, 1.165) is 0 Å². The van der Waals surface area contributed by atoms with Gasteiger partial charge in [-0.25, -0.2) is 4.79 Å². The molecule has 2 rings (SSSR count). The van der Waals surface area contributed by atoms with Crippen LogP contribution >= 0.6 is 0 Å². The van der Waals surface area contributed by atoms with E-state index in [1.807, 2.05) is 0 Å². The largest absolute Gasteiger partial charge is 0.508 e. The summed E-state index contributed by atoms with van der Waals surface area (Å²) in [5.74, 6) is -1.60. The quantitative estimate of drug-likeness (QED) is 0.793. The van der Waals surface area contributed by atoms with Gasteiger partial charge in [-0.1, -0.05) is 30.3 Å². The number of carbonyl (C=O) groups is 2. The van der Waals surface area contributed by atoms with Crippen molar-refractivity contribution in [1.29, 1.82) is 0 Å². The molecular formula is C15H13NO4. The zero-order valence-electron chi connectivity index (χ0n) is 10.5. The third-order valence-corrected chi connectivity index (χ3v) is 2.78. The van der Waals surface area contributed by atoms with Crippen molar-refractivity contribution in [3.8, 4) is 5.75 Å². The smallest absolute Gasteiger partial charge is 0.330 e. The van der Waals surface area contributed by atoms with Gasteiger partial charge in [-0.15, -0.1) is 0 Å². The van der Waals surface area contributed by atoms with E-state index in [-0.39, 0.29) is 5.75 Å². The van der Waals surface area contributed by atoms with Gasteiger partial charge in [-0.05, 0) is 29.8 Å². The Bertz CT molecular complexity index is 608. The Labute approximate surface area is 115 Å². The van der Waals surface area contributed by atoms with Crippen molar-refractivity contribution in [1.82, 2.24) is 5.32 Å².